The summed E-state index contributed by atoms with van der Waals surface area (Å²) in [4.78, 5) is 28.7. The number of thiazole rings is 1. The number of carbonyl (C=O) groups is 2. The summed E-state index contributed by atoms with van der Waals surface area (Å²) >= 11 is 1.42. The first-order chi connectivity index (χ1) is 12.7. The van der Waals surface area contributed by atoms with Crippen molar-refractivity contribution in [2.45, 2.75) is 0 Å². The first-order valence-corrected chi connectivity index (χ1v) is 8.62. The number of furan rings is 1. The van der Waals surface area contributed by atoms with E-state index in [4.69, 9.17) is 4.42 Å². The largest absolute Gasteiger partial charge is 0.459 e. The smallest absolute Gasteiger partial charge is 0.291 e. The van der Waals surface area contributed by atoms with Crippen LogP contribution in [0.15, 0.2) is 71.3 Å². The zero-order chi connectivity index (χ0) is 17.9. The summed E-state index contributed by atoms with van der Waals surface area (Å²) < 4.78 is 6.05. The van der Waals surface area contributed by atoms with Gasteiger partial charge in [0.2, 0.25) is 0 Å². The minimum Gasteiger partial charge on any atom is -0.459 e. The lowest BCUT2D eigenvalue weighted by Gasteiger charge is -2.05. The molecule has 0 unspecified atom stereocenters. The Labute approximate surface area is 152 Å². The number of anilines is 2. The third kappa shape index (κ3) is 3.33. The van der Waals surface area contributed by atoms with Gasteiger partial charge in [0.25, 0.3) is 11.8 Å². The molecular weight excluding hydrogens is 350 g/mol. The third-order valence-corrected chi connectivity index (χ3v) is 4.62. The number of hydrogen-bond acceptors (Lipinski definition) is 5. The van der Waals surface area contributed by atoms with Crippen molar-refractivity contribution < 1.29 is 14.0 Å². The Bertz CT molecular complexity index is 1040. The predicted molar refractivity (Wildman–Crippen MR) is 101 cm³/mol. The molecule has 4 rings (SSSR count). The lowest BCUT2D eigenvalue weighted by molar-refractivity contribution is 0.0995. The summed E-state index contributed by atoms with van der Waals surface area (Å²) in [5.41, 5.74) is 1.90. The molecule has 2 heterocycles. The molecular formula is C19H13N3O3S. The van der Waals surface area contributed by atoms with Gasteiger partial charge in [-0.05, 0) is 48.5 Å². The normalized spacial score (nSPS) is 10.6. The van der Waals surface area contributed by atoms with Crippen LogP contribution in [0.1, 0.15) is 20.9 Å². The van der Waals surface area contributed by atoms with Crippen LogP contribution in [0.3, 0.4) is 0 Å². The van der Waals surface area contributed by atoms with E-state index in [0.717, 1.165) is 10.2 Å². The van der Waals surface area contributed by atoms with Crippen LogP contribution < -0.4 is 10.6 Å². The molecule has 26 heavy (non-hydrogen) atoms. The maximum atomic E-state index is 12.4. The summed E-state index contributed by atoms with van der Waals surface area (Å²) in [6.07, 6.45) is 1.43. The first-order valence-electron chi connectivity index (χ1n) is 7.81. The fourth-order valence-corrected chi connectivity index (χ4v) is 3.26. The quantitative estimate of drug-likeness (QED) is 0.563. The van der Waals surface area contributed by atoms with E-state index in [9.17, 15) is 9.59 Å². The highest BCUT2D eigenvalue weighted by atomic mass is 32.1. The Hall–Kier alpha value is -3.45. The average Bonchev–Trinajstić information content (AvgIpc) is 3.31. The van der Waals surface area contributed by atoms with Gasteiger partial charge in [0.05, 0.1) is 16.5 Å². The predicted octanol–water partition coefficient (Wildman–Crippen LogP) is 4.39. The Morgan fingerprint density at radius 1 is 0.885 bits per heavy atom. The Balaban J connectivity index is 1.44. The topological polar surface area (TPSA) is 84.2 Å². The molecule has 7 heteroatoms. The Kier molecular flexibility index (Phi) is 4.20. The lowest BCUT2D eigenvalue weighted by Crippen LogP contribution is -2.13. The zero-order valence-electron chi connectivity index (χ0n) is 13.4. The molecule has 0 atom stereocenters. The van der Waals surface area contributed by atoms with Gasteiger partial charge in [0.1, 0.15) is 0 Å². The SMILES string of the molecule is O=C(Nc1nc2ccccc2s1)c1ccc(NC(=O)c2ccco2)cc1. The highest BCUT2D eigenvalue weighted by Gasteiger charge is 2.11. The molecule has 2 N–H and O–H groups in total. The zero-order valence-corrected chi connectivity index (χ0v) is 14.2. The van der Waals surface area contributed by atoms with Crippen molar-refractivity contribution in [3.63, 3.8) is 0 Å². The van der Waals surface area contributed by atoms with Gasteiger partial charge in [-0.3, -0.25) is 14.9 Å². The third-order valence-electron chi connectivity index (χ3n) is 3.66. The van der Waals surface area contributed by atoms with Gasteiger partial charge in [-0.25, -0.2) is 4.98 Å². The van der Waals surface area contributed by atoms with E-state index < -0.39 is 0 Å². The van der Waals surface area contributed by atoms with Crippen LogP contribution in [-0.2, 0) is 0 Å². The number of amides is 2. The number of fused-ring (bicyclic) bond motifs is 1. The molecule has 0 saturated carbocycles. The second-order valence-electron chi connectivity index (χ2n) is 5.45. The molecule has 0 aliphatic heterocycles. The van der Waals surface area contributed by atoms with Gasteiger partial charge in [-0.2, -0.15) is 0 Å². The maximum absolute atomic E-state index is 12.4. The molecule has 0 spiro atoms. The second-order valence-corrected chi connectivity index (χ2v) is 6.48. The summed E-state index contributed by atoms with van der Waals surface area (Å²) in [5.74, 6) is -0.378. The summed E-state index contributed by atoms with van der Waals surface area (Å²) in [5, 5.41) is 6.05. The van der Waals surface area contributed by atoms with E-state index in [1.165, 1.54) is 17.6 Å². The van der Waals surface area contributed by atoms with Crippen LogP contribution in [0.2, 0.25) is 0 Å². The molecule has 0 aliphatic carbocycles. The monoisotopic (exact) mass is 363 g/mol. The molecule has 6 nitrogen and oxygen atoms in total. The van der Waals surface area contributed by atoms with Gasteiger partial charge in [0, 0.05) is 11.3 Å². The summed E-state index contributed by atoms with van der Waals surface area (Å²) in [6, 6.07) is 17.5. The second kappa shape index (κ2) is 6.81. The highest BCUT2D eigenvalue weighted by Crippen LogP contribution is 2.25. The number of nitrogens with one attached hydrogen (secondary N) is 2. The van der Waals surface area contributed by atoms with Crippen LogP contribution in [0.4, 0.5) is 10.8 Å². The van der Waals surface area contributed by atoms with Crippen LogP contribution >= 0.6 is 11.3 Å². The van der Waals surface area contributed by atoms with Crippen molar-refractivity contribution in [2.75, 3.05) is 10.6 Å². The van der Waals surface area contributed by atoms with Crippen molar-refractivity contribution in [1.82, 2.24) is 4.98 Å². The van der Waals surface area contributed by atoms with Crippen LogP contribution in [0.25, 0.3) is 10.2 Å². The molecule has 2 aromatic carbocycles. The Morgan fingerprint density at radius 3 is 2.42 bits per heavy atom. The number of hydrogen-bond donors (Lipinski definition) is 2. The number of benzene rings is 2. The minimum absolute atomic E-state index is 0.225. The van der Waals surface area contributed by atoms with Gasteiger partial charge in [-0.15, -0.1) is 0 Å². The molecule has 0 saturated heterocycles. The molecule has 0 radical (unpaired) electrons. The number of para-hydroxylation sites is 1. The van der Waals surface area contributed by atoms with Crippen LogP contribution in [0, 0.1) is 0 Å². The molecule has 2 amide bonds. The summed E-state index contributed by atoms with van der Waals surface area (Å²) in [7, 11) is 0. The Morgan fingerprint density at radius 2 is 1.69 bits per heavy atom. The van der Waals surface area contributed by atoms with Gasteiger partial charge < -0.3 is 9.73 Å². The van der Waals surface area contributed by atoms with Crippen LogP contribution in [0.5, 0.6) is 0 Å². The van der Waals surface area contributed by atoms with Crippen molar-refractivity contribution in [3.8, 4) is 0 Å². The van der Waals surface area contributed by atoms with Crippen molar-refractivity contribution in [3.05, 3.63) is 78.3 Å². The number of aromatic nitrogens is 1. The van der Waals surface area contributed by atoms with E-state index in [1.54, 1.807) is 36.4 Å². The van der Waals surface area contributed by atoms with E-state index in [1.807, 2.05) is 24.3 Å². The fourth-order valence-electron chi connectivity index (χ4n) is 2.40. The van der Waals surface area contributed by atoms with E-state index in [2.05, 4.69) is 15.6 Å². The van der Waals surface area contributed by atoms with Crippen molar-refractivity contribution in [2.24, 2.45) is 0 Å². The minimum atomic E-state index is -0.346. The van der Waals surface area contributed by atoms with Gasteiger partial charge in [0.15, 0.2) is 10.9 Å². The number of nitrogens with zero attached hydrogens (tertiary/aromatic N) is 1. The first kappa shape index (κ1) is 16.0. The van der Waals surface area contributed by atoms with E-state index >= 15 is 0 Å². The standard InChI is InChI=1S/C19H13N3O3S/c23-17(22-19-21-14-4-1-2-6-16(14)26-19)12-7-9-13(10-8-12)20-18(24)15-5-3-11-25-15/h1-11H,(H,20,24)(H,21,22,23). The molecule has 4 aromatic rings. The van der Waals surface area contributed by atoms with Crippen molar-refractivity contribution >= 4 is 44.2 Å². The molecule has 2 aromatic heterocycles. The number of rotatable bonds is 4. The van der Waals surface area contributed by atoms with E-state index in [0.29, 0.717) is 16.4 Å². The maximum Gasteiger partial charge on any atom is 0.291 e. The number of carbonyl (C=O) groups excluding carboxylic acids is 2. The van der Waals surface area contributed by atoms with Crippen molar-refractivity contribution in [1.29, 1.82) is 0 Å². The molecule has 128 valence electrons. The van der Waals surface area contributed by atoms with Gasteiger partial charge in [-0.1, -0.05) is 23.5 Å². The fraction of sp³-hybridized carbons (Fsp3) is 0. The van der Waals surface area contributed by atoms with Crippen LogP contribution in [-0.4, -0.2) is 16.8 Å². The highest BCUT2D eigenvalue weighted by molar-refractivity contribution is 7.22. The summed E-state index contributed by atoms with van der Waals surface area (Å²) in [6.45, 7) is 0. The molecule has 0 bridgehead atoms. The van der Waals surface area contributed by atoms with Gasteiger partial charge >= 0.3 is 0 Å². The molecule has 0 aliphatic rings. The average molecular weight is 363 g/mol. The lowest BCUT2D eigenvalue weighted by atomic mass is 10.2. The molecule has 0 fully saturated rings. The van der Waals surface area contributed by atoms with E-state index in [-0.39, 0.29) is 17.6 Å².